The van der Waals surface area contributed by atoms with Gasteiger partial charge in [-0.05, 0) is 43.0 Å². The number of amides is 2. The number of nitrogens with zero attached hydrogens (tertiary/aromatic N) is 4. The molecule has 0 bridgehead atoms. The van der Waals surface area contributed by atoms with E-state index in [0.717, 1.165) is 30.5 Å². The second-order valence-electron chi connectivity index (χ2n) is 5.85. The predicted octanol–water partition coefficient (Wildman–Crippen LogP) is 2.79. The van der Waals surface area contributed by atoms with Gasteiger partial charge in [-0.3, -0.25) is 0 Å². The molecule has 1 fully saturated rings. The Morgan fingerprint density at radius 2 is 2.35 bits per heavy atom. The molecular formula is C16H20ClN5O. The highest BCUT2D eigenvalue weighted by Gasteiger charge is 2.25. The van der Waals surface area contributed by atoms with Crippen molar-refractivity contribution in [2.45, 2.75) is 32.4 Å². The summed E-state index contributed by atoms with van der Waals surface area (Å²) in [5.74, 6) is 0. The monoisotopic (exact) mass is 333 g/mol. The van der Waals surface area contributed by atoms with Crippen molar-refractivity contribution in [1.29, 1.82) is 0 Å². The number of hydrogen-bond donors (Lipinski definition) is 1. The molecule has 1 saturated heterocycles. The van der Waals surface area contributed by atoms with Gasteiger partial charge in [-0.25, -0.2) is 14.5 Å². The van der Waals surface area contributed by atoms with E-state index in [0.29, 0.717) is 18.1 Å². The molecule has 0 aliphatic carbocycles. The molecule has 1 unspecified atom stereocenters. The van der Waals surface area contributed by atoms with Gasteiger partial charge in [0.25, 0.3) is 0 Å². The highest BCUT2D eigenvalue weighted by atomic mass is 35.5. The Morgan fingerprint density at radius 3 is 3.13 bits per heavy atom. The maximum Gasteiger partial charge on any atom is 0.317 e. The average Bonchev–Trinajstić information content (AvgIpc) is 3.10. The number of hydrogen-bond acceptors (Lipinski definition) is 3. The van der Waals surface area contributed by atoms with Gasteiger partial charge in [0.1, 0.15) is 12.7 Å². The molecule has 1 aromatic carbocycles. The molecule has 2 amide bonds. The van der Waals surface area contributed by atoms with Crippen LogP contribution in [0.2, 0.25) is 5.02 Å². The Bertz CT molecular complexity index is 673. The first-order valence-electron chi connectivity index (χ1n) is 7.75. The minimum Gasteiger partial charge on any atom is -0.334 e. The SMILES string of the molecule is Cc1ccc(Cl)cc1CNC(=O)N1CCCC(n2cncn2)C1. The molecule has 122 valence electrons. The molecule has 0 spiro atoms. The van der Waals surface area contributed by atoms with Gasteiger partial charge in [0.2, 0.25) is 0 Å². The molecule has 1 aliphatic heterocycles. The van der Waals surface area contributed by atoms with E-state index in [4.69, 9.17) is 11.6 Å². The summed E-state index contributed by atoms with van der Waals surface area (Å²) in [6.45, 7) is 3.92. The van der Waals surface area contributed by atoms with Crippen molar-refractivity contribution in [2.24, 2.45) is 0 Å². The summed E-state index contributed by atoms with van der Waals surface area (Å²) in [6.07, 6.45) is 5.22. The lowest BCUT2D eigenvalue weighted by molar-refractivity contribution is 0.163. The summed E-state index contributed by atoms with van der Waals surface area (Å²) in [7, 11) is 0. The summed E-state index contributed by atoms with van der Waals surface area (Å²) in [5.41, 5.74) is 2.16. The Kier molecular flexibility index (Phi) is 4.81. The average molecular weight is 334 g/mol. The van der Waals surface area contributed by atoms with Crippen LogP contribution in [0, 0.1) is 6.92 Å². The quantitative estimate of drug-likeness (QED) is 0.939. The van der Waals surface area contributed by atoms with E-state index in [1.54, 1.807) is 6.33 Å². The minimum absolute atomic E-state index is 0.0470. The van der Waals surface area contributed by atoms with E-state index in [1.165, 1.54) is 6.33 Å². The number of piperidine rings is 1. The molecule has 0 radical (unpaired) electrons. The molecule has 1 N–H and O–H groups in total. The topological polar surface area (TPSA) is 63.1 Å². The predicted molar refractivity (Wildman–Crippen MR) is 88.3 cm³/mol. The molecule has 0 saturated carbocycles. The number of halogens is 1. The highest BCUT2D eigenvalue weighted by Crippen LogP contribution is 2.20. The lowest BCUT2D eigenvalue weighted by atomic mass is 10.1. The van der Waals surface area contributed by atoms with Crippen LogP contribution in [0.4, 0.5) is 4.79 Å². The van der Waals surface area contributed by atoms with E-state index in [-0.39, 0.29) is 12.1 Å². The first kappa shape index (κ1) is 15.8. The van der Waals surface area contributed by atoms with Crippen molar-refractivity contribution in [2.75, 3.05) is 13.1 Å². The molecule has 1 aliphatic rings. The van der Waals surface area contributed by atoms with Crippen LogP contribution in [-0.4, -0.2) is 38.8 Å². The zero-order valence-electron chi connectivity index (χ0n) is 13.1. The first-order chi connectivity index (χ1) is 11.1. The highest BCUT2D eigenvalue weighted by molar-refractivity contribution is 6.30. The van der Waals surface area contributed by atoms with Gasteiger partial charge < -0.3 is 10.2 Å². The number of urea groups is 1. The Balaban J connectivity index is 1.58. The van der Waals surface area contributed by atoms with Crippen molar-refractivity contribution in [1.82, 2.24) is 25.0 Å². The molecule has 1 atom stereocenters. The van der Waals surface area contributed by atoms with Crippen LogP contribution < -0.4 is 5.32 Å². The Morgan fingerprint density at radius 1 is 1.48 bits per heavy atom. The maximum atomic E-state index is 12.4. The summed E-state index contributed by atoms with van der Waals surface area (Å²) in [5, 5.41) is 7.85. The Hall–Kier alpha value is -2.08. The zero-order valence-corrected chi connectivity index (χ0v) is 13.8. The molecule has 23 heavy (non-hydrogen) atoms. The van der Waals surface area contributed by atoms with Gasteiger partial charge in [0.05, 0.1) is 6.04 Å². The fraction of sp³-hybridized carbons (Fsp3) is 0.438. The lowest BCUT2D eigenvalue weighted by Gasteiger charge is -2.32. The number of carbonyl (C=O) groups excluding carboxylic acids is 1. The largest absolute Gasteiger partial charge is 0.334 e. The van der Waals surface area contributed by atoms with Crippen molar-refractivity contribution >= 4 is 17.6 Å². The van der Waals surface area contributed by atoms with Crippen molar-refractivity contribution in [3.05, 3.63) is 47.0 Å². The number of aryl methyl sites for hydroxylation is 1. The van der Waals surface area contributed by atoms with Crippen LogP contribution in [0.5, 0.6) is 0 Å². The van der Waals surface area contributed by atoms with Gasteiger partial charge in [-0.2, -0.15) is 5.10 Å². The summed E-state index contributed by atoms with van der Waals surface area (Å²) >= 11 is 6.02. The van der Waals surface area contributed by atoms with Gasteiger partial charge >= 0.3 is 6.03 Å². The second kappa shape index (κ2) is 7.00. The first-order valence-corrected chi connectivity index (χ1v) is 8.13. The zero-order chi connectivity index (χ0) is 16.2. The van der Waals surface area contributed by atoms with Gasteiger partial charge in [0.15, 0.2) is 0 Å². The van der Waals surface area contributed by atoms with Crippen molar-refractivity contribution < 1.29 is 4.79 Å². The van der Waals surface area contributed by atoms with Crippen molar-refractivity contribution in [3.8, 4) is 0 Å². The summed E-state index contributed by atoms with van der Waals surface area (Å²) < 4.78 is 1.83. The van der Waals surface area contributed by atoms with Gasteiger partial charge in [-0.15, -0.1) is 0 Å². The second-order valence-corrected chi connectivity index (χ2v) is 6.28. The standard InChI is InChI=1S/C16H20ClN5O/c1-12-4-5-14(17)7-13(12)8-19-16(23)21-6-2-3-15(9-21)22-11-18-10-20-22/h4-5,7,10-11,15H,2-3,6,8-9H2,1H3,(H,19,23). The van der Waals surface area contributed by atoms with E-state index < -0.39 is 0 Å². The van der Waals surface area contributed by atoms with E-state index in [1.807, 2.05) is 34.7 Å². The molecule has 2 heterocycles. The Labute approximate surface area is 140 Å². The van der Waals surface area contributed by atoms with Crippen molar-refractivity contribution in [3.63, 3.8) is 0 Å². The number of likely N-dealkylation sites (tertiary alicyclic amines) is 1. The molecule has 2 aromatic rings. The van der Waals surface area contributed by atoms with Crippen LogP contribution in [0.1, 0.15) is 30.0 Å². The van der Waals surface area contributed by atoms with Crippen LogP contribution in [-0.2, 0) is 6.54 Å². The third-order valence-electron chi connectivity index (χ3n) is 4.24. The molecule has 7 heteroatoms. The van der Waals surface area contributed by atoms with E-state index >= 15 is 0 Å². The number of nitrogens with one attached hydrogen (secondary N) is 1. The molecule has 3 rings (SSSR count). The number of carbonyl (C=O) groups is 1. The third-order valence-corrected chi connectivity index (χ3v) is 4.47. The van der Waals surface area contributed by atoms with E-state index in [9.17, 15) is 4.79 Å². The summed E-state index contributed by atoms with van der Waals surface area (Å²) in [6, 6.07) is 5.87. The minimum atomic E-state index is -0.0470. The van der Waals surface area contributed by atoms with Gasteiger partial charge in [0, 0.05) is 24.7 Å². The molecular weight excluding hydrogens is 314 g/mol. The number of aromatic nitrogens is 3. The third kappa shape index (κ3) is 3.82. The fourth-order valence-corrected chi connectivity index (χ4v) is 3.07. The lowest BCUT2D eigenvalue weighted by Crippen LogP contribution is -2.45. The van der Waals surface area contributed by atoms with Crippen LogP contribution in [0.15, 0.2) is 30.9 Å². The smallest absolute Gasteiger partial charge is 0.317 e. The number of benzene rings is 1. The summed E-state index contributed by atoms with van der Waals surface area (Å²) in [4.78, 5) is 18.2. The number of rotatable bonds is 3. The normalized spacial score (nSPS) is 18.0. The van der Waals surface area contributed by atoms with Crippen LogP contribution in [0.3, 0.4) is 0 Å². The van der Waals surface area contributed by atoms with Gasteiger partial charge in [-0.1, -0.05) is 17.7 Å². The molecule has 1 aromatic heterocycles. The maximum absolute atomic E-state index is 12.4. The van der Waals surface area contributed by atoms with Crippen LogP contribution >= 0.6 is 11.6 Å². The fourth-order valence-electron chi connectivity index (χ4n) is 2.87. The van der Waals surface area contributed by atoms with Crippen LogP contribution in [0.25, 0.3) is 0 Å². The molecule has 6 nitrogen and oxygen atoms in total. The van der Waals surface area contributed by atoms with E-state index in [2.05, 4.69) is 15.4 Å².